The first-order valence-electron chi connectivity index (χ1n) is 9.10. The van der Waals surface area contributed by atoms with Crippen LogP contribution < -0.4 is 15.4 Å². The van der Waals surface area contributed by atoms with E-state index in [1.54, 1.807) is 19.2 Å². The van der Waals surface area contributed by atoms with Crippen LogP contribution in [-0.2, 0) is 12.0 Å². The summed E-state index contributed by atoms with van der Waals surface area (Å²) in [6.45, 7) is 4.22. The van der Waals surface area contributed by atoms with Crippen LogP contribution in [0.2, 0.25) is 0 Å². The zero-order chi connectivity index (χ0) is 18.4. The van der Waals surface area contributed by atoms with Gasteiger partial charge in [0.25, 0.3) is 0 Å². The zero-order valence-electron chi connectivity index (χ0n) is 15.9. The van der Waals surface area contributed by atoms with E-state index >= 15 is 0 Å². The molecule has 5 nitrogen and oxygen atoms in total. The maximum Gasteiger partial charge on any atom is 0.191 e. The molecule has 2 aromatic rings. The molecule has 1 aliphatic rings. The number of halogens is 1. The average Bonchev–Trinajstić information content (AvgIpc) is 3.46. The topological polar surface area (TPSA) is 65.9 Å². The molecule has 27 heavy (non-hydrogen) atoms. The molecule has 146 valence electrons. The Balaban J connectivity index is 0.00000261. The first kappa shape index (κ1) is 21.3. The maximum atomic E-state index is 9.90. The van der Waals surface area contributed by atoms with E-state index in [1.807, 2.05) is 6.07 Å². The number of benzene rings is 2. The van der Waals surface area contributed by atoms with Crippen molar-refractivity contribution in [1.29, 1.82) is 0 Å². The number of rotatable bonds is 7. The predicted molar refractivity (Wildman–Crippen MR) is 120 cm³/mol. The largest absolute Gasteiger partial charge is 0.504 e. The minimum atomic E-state index is 0. The highest BCUT2D eigenvalue weighted by molar-refractivity contribution is 14.0. The van der Waals surface area contributed by atoms with Gasteiger partial charge in [0.15, 0.2) is 17.5 Å². The van der Waals surface area contributed by atoms with Gasteiger partial charge in [-0.15, -0.1) is 24.0 Å². The van der Waals surface area contributed by atoms with Crippen molar-refractivity contribution in [2.24, 2.45) is 4.99 Å². The molecule has 0 heterocycles. The van der Waals surface area contributed by atoms with E-state index in [0.29, 0.717) is 12.3 Å². The summed E-state index contributed by atoms with van der Waals surface area (Å²) in [7, 11) is 1.54. The Bertz CT molecular complexity index is 761. The Morgan fingerprint density at radius 2 is 1.89 bits per heavy atom. The fraction of sp³-hybridized carbons (Fsp3) is 0.381. The molecule has 0 atom stereocenters. The number of ether oxygens (including phenoxy) is 1. The first-order chi connectivity index (χ1) is 12.7. The Morgan fingerprint density at radius 3 is 2.48 bits per heavy atom. The van der Waals surface area contributed by atoms with Gasteiger partial charge in [-0.25, -0.2) is 4.99 Å². The molecule has 3 rings (SSSR count). The third-order valence-corrected chi connectivity index (χ3v) is 4.84. The van der Waals surface area contributed by atoms with Crippen molar-refractivity contribution in [3.63, 3.8) is 0 Å². The standard InChI is InChI=1S/C21H27N3O2.HI/c1-3-22-20(23-14-16-9-10-19(26-2)18(25)13-16)24-15-21(11-12-21)17-7-5-4-6-8-17;/h4-10,13,25H,3,11-12,14-15H2,1-2H3,(H2,22,23,24);1H. The van der Waals surface area contributed by atoms with E-state index in [-0.39, 0.29) is 35.1 Å². The van der Waals surface area contributed by atoms with Gasteiger partial charge in [-0.1, -0.05) is 36.4 Å². The van der Waals surface area contributed by atoms with Gasteiger partial charge in [-0.3, -0.25) is 0 Å². The second-order valence-electron chi connectivity index (χ2n) is 6.70. The van der Waals surface area contributed by atoms with Gasteiger partial charge in [-0.2, -0.15) is 0 Å². The van der Waals surface area contributed by atoms with Crippen molar-refractivity contribution < 1.29 is 9.84 Å². The van der Waals surface area contributed by atoms with Crippen LogP contribution in [0.4, 0.5) is 0 Å². The normalized spacial score (nSPS) is 14.8. The lowest BCUT2D eigenvalue weighted by Gasteiger charge is -2.19. The third-order valence-electron chi connectivity index (χ3n) is 4.84. The lowest BCUT2D eigenvalue weighted by Crippen LogP contribution is -2.41. The summed E-state index contributed by atoms with van der Waals surface area (Å²) in [5.41, 5.74) is 2.56. The van der Waals surface area contributed by atoms with Crippen molar-refractivity contribution in [1.82, 2.24) is 10.6 Å². The van der Waals surface area contributed by atoms with E-state index in [9.17, 15) is 5.11 Å². The summed E-state index contributed by atoms with van der Waals surface area (Å²) in [5.74, 6) is 1.41. The molecule has 0 aromatic heterocycles. The predicted octanol–water partition coefficient (Wildman–Crippen LogP) is 3.81. The molecule has 3 N–H and O–H groups in total. The average molecular weight is 481 g/mol. The van der Waals surface area contributed by atoms with Crippen molar-refractivity contribution >= 4 is 29.9 Å². The summed E-state index contributed by atoms with van der Waals surface area (Å²) in [4.78, 5) is 4.65. The Kier molecular flexibility index (Phi) is 7.77. The molecule has 1 fully saturated rings. The summed E-state index contributed by atoms with van der Waals surface area (Å²) in [6.07, 6.45) is 2.41. The van der Waals surface area contributed by atoms with Gasteiger partial charge in [0.2, 0.25) is 0 Å². The van der Waals surface area contributed by atoms with Crippen LogP contribution in [0.3, 0.4) is 0 Å². The molecule has 0 bridgehead atoms. The van der Waals surface area contributed by atoms with Gasteiger partial charge in [0.1, 0.15) is 0 Å². The third kappa shape index (κ3) is 5.51. The summed E-state index contributed by atoms with van der Waals surface area (Å²) in [5, 5.41) is 16.7. The van der Waals surface area contributed by atoms with Crippen LogP contribution in [0.25, 0.3) is 0 Å². The second-order valence-corrected chi connectivity index (χ2v) is 6.70. The van der Waals surface area contributed by atoms with E-state index in [4.69, 9.17) is 4.74 Å². The lowest BCUT2D eigenvalue weighted by molar-refractivity contribution is 0.373. The molecule has 0 amide bonds. The smallest absolute Gasteiger partial charge is 0.191 e. The lowest BCUT2D eigenvalue weighted by atomic mass is 9.96. The molecule has 0 saturated heterocycles. The van der Waals surface area contributed by atoms with E-state index in [0.717, 1.165) is 24.6 Å². The van der Waals surface area contributed by atoms with Crippen LogP contribution in [0, 0.1) is 0 Å². The second kappa shape index (κ2) is 9.82. The molecule has 0 spiro atoms. The van der Waals surface area contributed by atoms with Crippen LogP contribution in [0.5, 0.6) is 11.5 Å². The van der Waals surface area contributed by atoms with Crippen LogP contribution in [0.1, 0.15) is 30.9 Å². The number of nitrogens with zero attached hydrogens (tertiary/aromatic N) is 1. The van der Waals surface area contributed by atoms with Crippen LogP contribution in [-0.4, -0.2) is 31.3 Å². The van der Waals surface area contributed by atoms with E-state index < -0.39 is 0 Å². The highest BCUT2D eigenvalue weighted by Crippen LogP contribution is 2.47. The van der Waals surface area contributed by atoms with Crippen molar-refractivity contribution in [3.05, 3.63) is 59.7 Å². The molecule has 0 unspecified atom stereocenters. The van der Waals surface area contributed by atoms with Gasteiger partial charge in [-0.05, 0) is 43.0 Å². The molecule has 1 saturated carbocycles. The Hall–Kier alpha value is -1.96. The maximum absolute atomic E-state index is 9.90. The SMILES string of the molecule is CCNC(=NCc1ccc(OC)c(O)c1)NCC1(c2ccccc2)CC1.I. The molecule has 0 radical (unpaired) electrons. The number of nitrogens with one attached hydrogen (secondary N) is 2. The van der Waals surface area contributed by atoms with Gasteiger partial charge >= 0.3 is 0 Å². The number of methoxy groups -OCH3 is 1. The first-order valence-corrected chi connectivity index (χ1v) is 9.10. The summed E-state index contributed by atoms with van der Waals surface area (Å²) >= 11 is 0. The zero-order valence-corrected chi connectivity index (χ0v) is 18.2. The van der Waals surface area contributed by atoms with Crippen molar-refractivity contribution in [2.45, 2.75) is 31.7 Å². The molecule has 1 aliphatic carbocycles. The van der Waals surface area contributed by atoms with Gasteiger partial charge in [0.05, 0.1) is 13.7 Å². The van der Waals surface area contributed by atoms with Crippen LogP contribution in [0.15, 0.2) is 53.5 Å². The molecular weight excluding hydrogens is 453 g/mol. The molecule has 2 aromatic carbocycles. The Labute approximate surface area is 178 Å². The fourth-order valence-electron chi connectivity index (χ4n) is 3.11. The van der Waals surface area contributed by atoms with E-state index in [1.165, 1.54) is 18.4 Å². The highest BCUT2D eigenvalue weighted by atomic mass is 127. The number of phenols is 1. The molecular formula is C21H28IN3O2. The number of guanidine groups is 1. The van der Waals surface area contributed by atoms with Gasteiger partial charge < -0.3 is 20.5 Å². The minimum absolute atomic E-state index is 0. The quantitative estimate of drug-likeness (QED) is 0.320. The minimum Gasteiger partial charge on any atom is -0.504 e. The van der Waals surface area contributed by atoms with Crippen LogP contribution >= 0.6 is 24.0 Å². The Morgan fingerprint density at radius 1 is 1.15 bits per heavy atom. The highest BCUT2D eigenvalue weighted by Gasteiger charge is 2.43. The van der Waals surface area contributed by atoms with Crippen molar-refractivity contribution in [3.8, 4) is 11.5 Å². The number of aromatic hydroxyl groups is 1. The summed E-state index contributed by atoms with van der Waals surface area (Å²) < 4.78 is 5.08. The monoisotopic (exact) mass is 481 g/mol. The number of aliphatic imine (C=N–C) groups is 1. The molecule has 0 aliphatic heterocycles. The number of phenolic OH excluding ortho intramolecular Hbond substituents is 1. The molecule has 6 heteroatoms. The number of hydrogen-bond donors (Lipinski definition) is 3. The number of hydrogen-bond acceptors (Lipinski definition) is 3. The fourth-order valence-corrected chi connectivity index (χ4v) is 3.11. The van der Waals surface area contributed by atoms with Gasteiger partial charge in [0, 0.05) is 18.5 Å². The summed E-state index contributed by atoms with van der Waals surface area (Å²) in [6, 6.07) is 16.0. The van der Waals surface area contributed by atoms with Crippen molar-refractivity contribution in [2.75, 3.05) is 20.2 Å². The van der Waals surface area contributed by atoms with E-state index in [2.05, 4.69) is 52.9 Å².